The molecule has 0 saturated carbocycles. The maximum absolute atomic E-state index is 12.9. The van der Waals surface area contributed by atoms with E-state index in [1.165, 1.54) is 17.7 Å². The second kappa shape index (κ2) is 12.3. The predicted octanol–water partition coefficient (Wildman–Crippen LogP) is 6.91. The topological polar surface area (TPSA) is 97.2 Å². The van der Waals surface area contributed by atoms with Gasteiger partial charge in [-0.05, 0) is 51.6 Å². The first-order valence-corrected chi connectivity index (χ1v) is 12.8. The van der Waals surface area contributed by atoms with Crippen molar-refractivity contribution in [1.29, 1.82) is 0 Å². The van der Waals surface area contributed by atoms with Gasteiger partial charge in [-0.15, -0.1) is 0 Å². The molecule has 0 saturated heterocycles. The maximum Gasteiger partial charge on any atom is 0.337 e. The summed E-state index contributed by atoms with van der Waals surface area (Å²) in [5, 5.41) is 18.2. The summed E-state index contributed by atoms with van der Waals surface area (Å²) in [5.41, 5.74) is 2.88. The van der Waals surface area contributed by atoms with E-state index in [-0.39, 0.29) is 16.7 Å². The SMILES string of the molecule is CC(C)(C)c1ccc(/C=N/OCCCOc2ccc(C(=O)O)c(NC(=O)c3ccc4ccccc4c3)c2)cc1. The first-order valence-electron chi connectivity index (χ1n) is 12.8. The molecule has 7 nitrogen and oxygen atoms in total. The van der Waals surface area contributed by atoms with Gasteiger partial charge in [0.2, 0.25) is 0 Å². The average molecular weight is 525 g/mol. The maximum atomic E-state index is 12.9. The Morgan fingerprint density at radius 3 is 2.36 bits per heavy atom. The number of anilines is 1. The number of carboxylic acids is 1. The Hall–Kier alpha value is -4.65. The summed E-state index contributed by atoms with van der Waals surface area (Å²) < 4.78 is 5.76. The number of ether oxygens (including phenoxy) is 1. The molecular weight excluding hydrogens is 492 g/mol. The van der Waals surface area contributed by atoms with Crippen LogP contribution in [0.15, 0.2) is 90.1 Å². The quantitative estimate of drug-likeness (QED) is 0.133. The Bertz CT molecular complexity index is 1490. The highest BCUT2D eigenvalue weighted by atomic mass is 16.6. The van der Waals surface area contributed by atoms with Crippen LogP contribution in [0.2, 0.25) is 0 Å². The molecule has 0 spiro atoms. The molecule has 0 fully saturated rings. The van der Waals surface area contributed by atoms with Gasteiger partial charge >= 0.3 is 5.97 Å². The molecule has 0 bridgehead atoms. The normalized spacial score (nSPS) is 11.5. The van der Waals surface area contributed by atoms with E-state index in [0.29, 0.717) is 30.9 Å². The van der Waals surface area contributed by atoms with Gasteiger partial charge in [0.05, 0.1) is 24.1 Å². The third kappa shape index (κ3) is 7.45. The van der Waals surface area contributed by atoms with Crippen molar-refractivity contribution in [1.82, 2.24) is 0 Å². The number of carbonyl (C=O) groups excluding carboxylic acids is 1. The van der Waals surface area contributed by atoms with Crippen LogP contribution >= 0.6 is 0 Å². The molecule has 4 aromatic carbocycles. The van der Waals surface area contributed by atoms with Gasteiger partial charge in [0, 0.05) is 18.1 Å². The number of fused-ring (bicyclic) bond motifs is 1. The van der Waals surface area contributed by atoms with Gasteiger partial charge in [0.15, 0.2) is 0 Å². The second-order valence-electron chi connectivity index (χ2n) is 10.2. The molecule has 0 radical (unpaired) electrons. The van der Waals surface area contributed by atoms with E-state index in [1.807, 2.05) is 42.5 Å². The number of nitrogens with zero attached hydrogens (tertiary/aromatic N) is 1. The molecule has 0 aromatic heterocycles. The molecule has 0 aliphatic carbocycles. The molecule has 4 aromatic rings. The lowest BCUT2D eigenvalue weighted by molar-refractivity contribution is 0.0698. The lowest BCUT2D eigenvalue weighted by Crippen LogP contribution is -2.15. The second-order valence-corrected chi connectivity index (χ2v) is 10.2. The number of benzene rings is 4. The molecular formula is C32H32N2O5. The van der Waals surface area contributed by atoms with Gasteiger partial charge in [-0.25, -0.2) is 4.79 Å². The van der Waals surface area contributed by atoms with E-state index in [9.17, 15) is 14.7 Å². The highest BCUT2D eigenvalue weighted by Crippen LogP contribution is 2.25. The number of oxime groups is 1. The number of rotatable bonds is 10. The Morgan fingerprint density at radius 1 is 0.897 bits per heavy atom. The number of hydrogen-bond donors (Lipinski definition) is 2. The molecule has 1 amide bonds. The first kappa shape index (κ1) is 27.4. The molecule has 0 aliphatic rings. The number of carboxylic acid groups (broad SMARTS) is 1. The lowest BCUT2D eigenvalue weighted by atomic mass is 9.87. The number of carbonyl (C=O) groups is 2. The minimum Gasteiger partial charge on any atom is -0.493 e. The van der Waals surface area contributed by atoms with Crippen LogP contribution in [0.3, 0.4) is 0 Å². The van der Waals surface area contributed by atoms with Crippen LogP contribution in [0, 0.1) is 0 Å². The van der Waals surface area contributed by atoms with Crippen LogP contribution in [0.25, 0.3) is 10.8 Å². The zero-order valence-electron chi connectivity index (χ0n) is 22.3. The van der Waals surface area contributed by atoms with Crippen molar-refractivity contribution in [2.24, 2.45) is 5.16 Å². The highest BCUT2D eigenvalue weighted by molar-refractivity contribution is 6.09. The summed E-state index contributed by atoms with van der Waals surface area (Å²) in [6.07, 6.45) is 2.24. The van der Waals surface area contributed by atoms with Crippen LogP contribution in [0.5, 0.6) is 5.75 Å². The van der Waals surface area contributed by atoms with E-state index in [4.69, 9.17) is 9.57 Å². The minimum absolute atomic E-state index is 0.0234. The number of nitrogens with one attached hydrogen (secondary N) is 1. The number of amides is 1. The Kier molecular flexibility index (Phi) is 8.61. The van der Waals surface area contributed by atoms with Gasteiger partial charge in [0.25, 0.3) is 5.91 Å². The van der Waals surface area contributed by atoms with Crippen molar-refractivity contribution in [3.63, 3.8) is 0 Å². The minimum atomic E-state index is -1.14. The third-order valence-electron chi connectivity index (χ3n) is 6.18. The van der Waals surface area contributed by atoms with Crippen molar-refractivity contribution in [2.75, 3.05) is 18.5 Å². The lowest BCUT2D eigenvalue weighted by Gasteiger charge is -2.18. The molecule has 39 heavy (non-hydrogen) atoms. The molecule has 0 atom stereocenters. The number of aromatic carboxylic acids is 1. The predicted molar refractivity (Wildman–Crippen MR) is 154 cm³/mol. The molecule has 2 N–H and O–H groups in total. The molecule has 0 heterocycles. The summed E-state index contributed by atoms with van der Waals surface area (Å²) in [5.74, 6) is -1.11. The largest absolute Gasteiger partial charge is 0.493 e. The van der Waals surface area contributed by atoms with Gasteiger partial charge in [-0.2, -0.15) is 0 Å². The van der Waals surface area contributed by atoms with Crippen molar-refractivity contribution in [3.8, 4) is 5.75 Å². The van der Waals surface area contributed by atoms with Crippen LogP contribution in [-0.2, 0) is 10.3 Å². The van der Waals surface area contributed by atoms with Crippen LogP contribution in [0.4, 0.5) is 5.69 Å². The molecule has 0 unspecified atom stereocenters. The van der Waals surface area contributed by atoms with E-state index >= 15 is 0 Å². The van der Waals surface area contributed by atoms with Gasteiger partial charge in [0.1, 0.15) is 12.4 Å². The Balaban J connectivity index is 1.30. The fraction of sp³-hybridized carbons (Fsp3) is 0.219. The molecule has 0 aliphatic heterocycles. The van der Waals surface area contributed by atoms with E-state index in [0.717, 1.165) is 16.3 Å². The fourth-order valence-electron chi connectivity index (χ4n) is 3.96. The standard InChI is InChI=1S/C32H32N2O5/c1-32(2,3)26-13-9-22(10-14-26)21-33-39-18-6-17-38-27-15-16-28(31(36)37)29(20-27)34-30(35)25-12-11-23-7-4-5-8-24(23)19-25/h4-5,7-16,19-21H,6,17-18H2,1-3H3,(H,34,35)(H,36,37)/b33-21+. The zero-order chi connectivity index (χ0) is 27.8. The molecule has 200 valence electrons. The van der Waals surface area contributed by atoms with Gasteiger partial charge in [-0.3, -0.25) is 4.79 Å². The number of hydrogen-bond acceptors (Lipinski definition) is 5. The summed E-state index contributed by atoms with van der Waals surface area (Å²) in [7, 11) is 0. The van der Waals surface area contributed by atoms with Gasteiger partial charge in [-0.1, -0.05) is 80.5 Å². The molecule has 4 rings (SSSR count). The van der Waals surface area contributed by atoms with Gasteiger partial charge < -0.3 is 20.0 Å². The summed E-state index contributed by atoms with van der Waals surface area (Å²) in [4.78, 5) is 30.0. The fourth-order valence-corrected chi connectivity index (χ4v) is 3.96. The van der Waals surface area contributed by atoms with E-state index in [2.05, 4.69) is 43.4 Å². The first-order chi connectivity index (χ1) is 18.7. The third-order valence-corrected chi connectivity index (χ3v) is 6.18. The Labute approximate surface area is 228 Å². The monoisotopic (exact) mass is 524 g/mol. The van der Waals surface area contributed by atoms with Crippen molar-refractivity contribution in [3.05, 3.63) is 107 Å². The van der Waals surface area contributed by atoms with Crippen LogP contribution in [0.1, 0.15) is 59.0 Å². The summed E-state index contributed by atoms with van der Waals surface area (Å²) >= 11 is 0. The van der Waals surface area contributed by atoms with E-state index in [1.54, 1.807) is 24.4 Å². The summed E-state index contributed by atoms with van der Waals surface area (Å²) in [6.45, 7) is 7.20. The van der Waals surface area contributed by atoms with Crippen LogP contribution < -0.4 is 10.1 Å². The van der Waals surface area contributed by atoms with Crippen molar-refractivity contribution >= 4 is 34.6 Å². The smallest absolute Gasteiger partial charge is 0.337 e. The van der Waals surface area contributed by atoms with Crippen molar-refractivity contribution in [2.45, 2.75) is 32.6 Å². The van der Waals surface area contributed by atoms with Crippen molar-refractivity contribution < 1.29 is 24.3 Å². The zero-order valence-corrected chi connectivity index (χ0v) is 22.3. The average Bonchev–Trinajstić information content (AvgIpc) is 2.92. The van der Waals surface area contributed by atoms with Crippen LogP contribution in [-0.4, -0.2) is 36.4 Å². The highest BCUT2D eigenvalue weighted by Gasteiger charge is 2.16. The molecule has 7 heteroatoms. The Morgan fingerprint density at radius 2 is 1.64 bits per heavy atom. The van der Waals surface area contributed by atoms with E-state index < -0.39 is 11.9 Å². The summed E-state index contributed by atoms with van der Waals surface area (Å²) in [6, 6.07) is 25.7.